The number of alkyl halides is 2. The fraction of sp³-hybridized carbons (Fsp3) is 0.455. The van der Waals surface area contributed by atoms with Crippen LogP contribution in [0, 0.1) is 12.8 Å². The number of rotatable bonds is 3. The van der Waals surface area contributed by atoms with Crippen LogP contribution in [-0.2, 0) is 6.54 Å². The summed E-state index contributed by atoms with van der Waals surface area (Å²) in [7, 11) is 0. The van der Waals surface area contributed by atoms with Gasteiger partial charge in [0.05, 0.1) is 24.0 Å². The van der Waals surface area contributed by atoms with Crippen molar-refractivity contribution < 1.29 is 8.78 Å². The first-order valence-corrected chi connectivity index (χ1v) is 10.6. The van der Waals surface area contributed by atoms with E-state index in [1.54, 1.807) is 36.0 Å². The number of anilines is 1. The lowest BCUT2D eigenvalue weighted by atomic mass is 9.91. The van der Waals surface area contributed by atoms with Gasteiger partial charge in [-0.3, -0.25) is 0 Å². The van der Waals surface area contributed by atoms with Gasteiger partial charge in [0.1, 0.15) is 11.3 Å². The zero-order chi connectivity index (χ0) is 22.0. The molecule has 4 aromatic rings. The number of nitrogens with two attached hydrogens (primary N) is 1. The van der Waals surface area contributed by atoms with Gasteiger partial charge in [0.2, 0.25) is 5.95 Å². The highest BCUT2D eigenvalue weighted by atomic mass is 19.3. The van der Waals surface area contributed by atoms with Crippen molar-refractivity contribution in [1.29, 1.82) is 0 Å². The molecule has 0 amide bonds. The van der Waals surface area contributed by atoms with Crippen molar-refractivity contribution in [2.45, 2.75) is 58.9 Å². The van der Waals surface area contributed by atoms with Crippen molar-refractivity contribution in [1.82, 2.24) is 29.1 Å². The summed E-state index contributed by atoms with van der Waals surface area (Å²) in [5.74, 6) is 1.71. The molecule has 1 fully saturated rings. The molecule has 0 atom stereocenters. The summed E-state index contributed by atoms with van der Waals surface area (Å²) in [6.45, 7) is 3.61. The molecule has 0 aromatic carbocycles. The van der Waals surface area contributed by atoms with Crippen LogP contribution in [0.2, 0.25) is 0 Å². The quantitative estimate of drug-likeness (QED) is 0.503. The third-order valence-corrected chi connectivity index (χ3v) is 5.71. The zero-order valence-electron chi connectivity index (χ0n) is 17.8. The van der Waals surface area contributed by atoms with E-state index < -0.39 is 13.0 Å². The van der Waals surface area contributed by atoms with Gasteiger partial charge in [-0.2, -0.15) is 0 Å². The SMILES string of the molecule is CC1CCCCC1.Cc1nc2ccc(-c3ccn4nc(N)ncc34)nc2n1CC(F)F. The van der Waals surface area contributed by atoms with E-state index in [2.05, 4.69) is 27.0 Å². The molecule has 0 saturated heterocycles. The molecule has 1 aliphatic carbocycles. The number of aromatic nitrogens is 6. The van der Waals surface area contributed by atoms with Crippen LogP contribution in [-0.4, -0.2) is 35.6 Å². The van der Waals surface area contributed by atoms with Crippen molar-refractivity contribution in [2.75, 3.05) is 5.73 Å². The Bertz CT molecular complexity index is 1180. The number of aryl methyl sites for hydroxylation is 1. The van der Waals surface area contributed by atoms with Crippen molar-refractivity contribution in [3.8, 4) is 11.3 Å². The number of imidazole rings is 1. The molecule has 0 radical (unpaired) electrons. The highest BCUT2D eigenvalue weighted by molar-refractivity contribution is 5.82. The summed E-state index contributed by atoms with van der Waals surface area (Å²) < 4.78 is 28.7. The fourth-order valence-electron chi connectivity index (χ4n) is 4.06. The number of pyridine rings is 1. The Hall–Kier alpha value is -3.10. The third kappa shape index (κ3) is 4.65. The molecule has 1 saturated carbocycles. The zero-order valence-corrected chi connectivity index (χ0v) is 17.8. The fourth-order valence-corrected chi connectivity index (χ4v) is 4.06. The van der Waals surface area contributed by atoms with Gasteiger partial charge < -0.3 is 10.3 Å². The summed E-state index contributed by atoms with van der Waals surface area (Å²) in [5.41, 5.74) is 8.74. The molecule has 2 N–H and O–H groups in total. The van der Waals surface area contributed by atoms with E-state index in [1.165, 1.54) is 36.7 Å². The van der Waals surface area contributed by atoms with Crippen LogP contribution in [0.1, 0.15) is 44.9 Å². The van der Waals surface area contributed by atoms with Crippen LogP contribution >= 0.6 is 0 Å². The molecule has 164 valence electrons. The lowest BCUT2D eigenvalue weighted by molar-refractivity contribution is 0.127. The maximum absolute atomic E-state index is 12.8. The third-order valence-electron chi connectivity index (χ3n) is 5.71. The van der Waals surface area contributed by atoms with Crippen LogP contribution in [0.5, 0.6) is 0 Å². The maximum atomic E-state index is 12.8. The van der Waals surface area contributed by atoms with Gasteiger partial charge in [-0.25, -0.2) is 28.2 Å². The molecule has 4 aromatic heterocycles. The van der Waals surface area contributed by atoms with E-state index in [0.29, 0.717) is 22.7 Å². The Balaban J connectivity index is 0.000000282. The molecular weight excluding hydrogens is 400 g/mol. The van der Waals surface area contributed by atoms with E-state index in [0.717, 1.165) is 17.0 Å². The highest BCUT2D eigenvalue weighted by Gasteiger charge is 2.15. The molecule has 31 heavy (non-hydrogen) atoms. The Morgan fingerprint density at radius 1 is 1.13 bits per heavy atom. The second kappa shape index (κ2) is 8.95. The van der Waals surface area contributed by atoms with Gasteiger partial charge in [0.25, 0.3) is 6.43 Å². The second-order valence-corrected chi connectivity index (χ2v) is 8.12. The molecule has 0 unspecified atom stereocenters. The Kier molecular flexibility index (Phi) is 6.11. The summed E-state index contributed by atoms with van der Waals surface area (Å²) in [5, 5.41) is 4.08. The van der Waals surface area contributed by atoms with Crippen LogP contribution in [0.15, 0.2) is 30.6 Å². The highest BCUT2D eigenvalue weighted by Crippen LogP contribution is 2.26. The van der Waals surface area contributed by atoms with E-state index in [1.807, 2.05) is 6.07 Å². The molecule has 5 rings (SSSR count). The minimum atomic E-state index is -2.47. The van der Waals surface area contributed by atoms with Gasteiger partial charge >= 0.3 is 0 Å². The summed E-state index contributed by atoms with van der Waals surface area (Å²) in [6, 6.07) is 5.40. The number of hydrogen-bond acceptors (Lipinski definition) is 5. The minimum absolute atomic E-state index is 0.165. The summed E-state index contributed by atoms with van der Waals surface area (Å²) in [6.07, 6.45) is 8.31. The molecule has 9 heteroatoms. The minimum Gasteiger partial charge on any atom is -0.367 e. The van der Waals surface area contributed by atoms with Crippen molar-refractivity contribution in [2.24, 2.45) is 5.92 Å². The smallest absolute Gasteiger partial charge is 0.256 e. The largest absolute Gasteiger partial charge is 0.367 e. The second-order valence-electron chi connectivity index (χ2n) is 8.12. The monoisotopic (exact) mass is 427 g/mol. The van der Waals surface area contributed by atoms with E-state index in [-0.39, 0.29) is 5.95 Å². The van der Waals surface area contributed by atoms with Crippen LogP contribution in [0.3, 0.4) is 0 Å². The maximum Gasteiger partial charge on any atom is 0.256 e. The summed E-state index contributed by atoms with van der Waals surface area (Å²) >= 11 is 0. The van der Waals surface area contributed by atoms with Crippen LogP contribution in [0.4, 0.5) is 14.7 Å². The van der Waals surface area contributed by atoms with Crippen molar-refractivity contribution >= 4 is 22.6 Å². The predicted molar refractivity (Wildman–Crippen MR) is 117 cm³/mol. The van der Waals surface area contributed by atoms with Gasteiger partial charge in [0.15, 0.2) is 5.65 Å². The Labute approximate surface area is 179 Å². The van der Waals surface area contributed by atoms with Crippen molar-refractivity contribution in [3.63, 3.8) is 0 Å². The topological polar surface area (TPSA) is 86.9 Å². The molecule has 7 nitrogen and oxygen atoms in total. The average Bonchev–Trinajstić information content (AvgIpc) is 3.29. The first-order chi connectivity index (χ1) is 14.9. The van der Waals surface area contributed by atoms with Gasteiger partial charge in [-0.1, -0.05) is 39.0 Å². The first kappa shape index (κ1) is 21.1. The predicted octanol–water partition coefficient (Wildman–Crippen LogP) is 4.88. The Morgan fingerprint density at radius 3 is 2.58 bits per heavy atom. The van der Waals surface area contributed by atoms with Crippen LogP contribution in [0.25, 0.3) is 27.9 Å². The lowest BCUT2D eigenvalue weighted by Crippen LogP contribution is -2.08. The number of hydrogen-bond donors (Lipinski definition) is 1. The number of nitrogen functional groups attached to an aromatic ring is 1. The van der Waals surface area contributed by atoms with Gasteiger partial charge in [-0.05, 0) is 31.0 Å². The molecule has 4 heterocycles. The van der Waals surface area contributed by atoms with Gasteiger partial charge in [0, 0.05) is 11.8 Å². The molecular formula is C22H27F2N7. The molecule has 1 aliphatic rings. The number of fused-ring (bicyclic) bond motifs is 2. The van der Waals surface area contributed by atoms with E-state index in [4.69, 9.17) is 5.73 Å². The first-order valence-electron chi connectivity index (χ1n) is 10.6. The van der Waals surface area contributed by atoms with E-state index in [9.17, 15) is 8.78 Å². The Morgan fingerprint density at radius 2 is 1.90 bits per heavy atom. The average molecular weight is 428 g/mol. The number of halogens is 2. The van der Waals surface area contributed by atoms with Gasteiger partial charge in [-0.15, -0.1) is 5.10 Å². The molecule has 0 spiro atoms. The van der Waals surface area contributed by atoms with E-state index >= 15 is 0 Å². The van der Waals surface area contributed by atoms with Crippen LogP contribution < -0.4 is 5.73 Å². The summed E-state index contributed by atoms with van der Waals surface area (Å²) in [4.78, 5) is 12.8. The standard InChI is InChI=1S/C15H13F2N7.C7H14/c1-8-20-11-3-2-10(21-14(11)23(8)7-13(16)17)9-4-5-24-12(9)6-19-15(18)22-24;1-7-5-3-2-4-6-7/h2-6,13H,7H2,1H3,(H2,18,22);7H,2-6H2,1H3. The molecule has 0 bridgehead atoms. The lowest BCUT2D eigenvalue weighted by Gasteiger charge is -2.15. The number of nitrogens with zero attached hydrogens (tertiary/aromatic N) is 6. The molecule has 0 aliphatic heterocycles. The van der Waals surface area contributed by atoms with Crippen molar-refractivity contribution in [3.05, 3.63) is 36.4 Å². The normalized spacial score (nSPS) is 14.9.